The number of hydrogen-bond acceptors (Lipinski definition) is 8. The Morgan fingerprint density at radius 2 is 0.781 bits per heavy atom. The Hall–Kier alpha value is -2.29. The first kappa shape index (κ1) is 70.7. The van der Waals surface area contributed by atoms with Crippen LogP contribution < -0.4 is 4.89 Å². The normalized spacial score (nSPS) is 13.7. The van der Waals surface area contributed by atoms with Crippen LogP contribution in [0.15, 0.2) is 60.8 Å². The minimum atomic E-state index is -4.63. The van der Waals surface area contributed by atoms with E-state index in [1.165, 1.54) is 173 Å². The largest absolute Gasteiger partial charge is 0.756 e. The maximum Gasteiger partial charge on any atom is 0.306 e. The molecule has 10 heteroatoms. The van der Waals surface area contributed by atoms with E-state index in [0.717, 1.165) is 70.6 Å². The van der Waals surface area contributed by atoms with Crippen molar-refractivity contribution in [3.8, 4) is 0 Å². The van der Waals surface area contributed by atoms with Crippen LogP contribution in [0.25, 0.3) is 0 Å². The fraction of sp³-hybridized carbons (Fsp3) is 0.810. The van der Waals surface area contributed by atoms with Crippen molar-refractivity contribution in [1.82, 2.24) is 0 Å². The Kier molecular flexibility index (Phi) is 52.8. The number of nitrogens with zero attached hydrogens (tertiary/aromatic N) is 1. The maximum absolute atomic E-state index is 12.8. The molecule has 0 spiro atoms. The van der Waals surface area contributed by atoms with Crippen LogP contribution in [0.4, 0.5) is 0 Å². The highest BCUT2D eigenvalue weighted by atomic mass is 31.2. The molecule has 0 aliphatic carbocycles. The van der Waals surface area contributed by atoms with Crippen LogP contribution in [0, 0.1) is 0 Å². The first-order valence-corrected chi connectivity index (χ1v) is 32.0. The van der Waals surface area contributed by atoms with Gasteiger partial charge in [0.1, 0.15) is 19.8 Å². The predicted molar refractivity (Wildman–Crippen MR) is 310 cm³/mol. The number of rotatable bonds is 56. The summed E-state index contributed by atoms with van der Waals surface area (Å²) in [6.45, 7) is 4.16. The molecule has 0 aliphatic heterocycles. The van der Waals surface area contributed by atoms with E-state index in [9.17, 15) is 19.0 Å². The van der Waals surface area contributed by atoms with E-state index in [2.05, 4.69) is 74.6 Å². The van der Waals surface area contributed by atoms with Crippen LogP contribution in [-0.2, 0) is 32.7 Å². The van der Waals surface area contributed by atoms with E-state index in [4.69, 9.17) is 18.5 Å². The quantitative estimate of drug-likeness (QED) is 0.0195. The summed E-state index contributed by atoms with van der Waals surface area (Å²) < 4.78 is 34.2. The molecule has 73 heavy (non-hydrogen) atoms. The molecule has 2 unspecified atom stereocenters. The van der Waals surface area contributed by atoms with E-state index < -0.39 is 26.5 Å². The summed E-state index contributed by atoms with van der Waals surface area (Å²) in [5.74, 6) is -0.820. The topological polar surface area (TPSA) is 111 Å². The standard InChI is InChI=1S/C63H116NO8P/c1-6-8-10-12-14-16-18-20-22-23-24-25-26-27-28-29-30-31-32-33-34-35-36-37-38-39-40-41-42-44-46-48-50-52-54-56-63(66)72-61(60-71-73(67,68)70-58-57-64(3,4)5)59-69-62(65)55-53-51-49-47-45-43-21-19-17-15-13-11-9-7-2/h8,10,14,16,20,22,24-25,27-28,61H,6-7,9,11-13,15,17-19,21,23,26,29-60H2,1-5H3/b10-8-,16-14-,22-20-,25-24-,28-27-. The summed E-state index contributed by atoms with van der Waals surface area (Å²) in [5, 5.41) is 0. The third kappa shape index (κ3) is 58.8. The Morgan fingerprint density at radius 1 is 0.438 bits per heavy atom. The lowest BCUT2D eigenvalue weighted by atomic mass is 10.0. The van der Waals surface area contributed by atoms with Crippen LogP contribution in [0.2, 0.25) is 0 Å². The molecule has 0 aliphatic rings. The Labute approximate surface area is 451 Å². The highest BCUT2D eigenvalue weighted by molar-refractivity contribution is 7.45. The van der Waals surface area contributed by atoms with Crippen LogP contribution >= 0.6 is 7.82 Å². The minimum absolute atomic E-state index is 0.0290. The second kappa shape index (κ2) is 54.5. The van der Waals surface area contributed by atoms with E-state index >= 15 is 0 Å². The van der Waals surface area contributed by atoms with Crippen molar-refractivity contribution in [3.05, 3.63) is 60.8 Å². The predicted octanol–water partition coefficient (Wildman–Crippen LogP) is 18.5. The summed E-state index contributed by atoms with van der Waals surface area (Å²) in [4.78, 5) is 37.8. The van der Waals surface area contributed by atoms with Gasteiger partial charge in [-0.25, -0.2) is 0 Å². The highest BCUT2D eigenvalue weighted by Crippen LogP contribution is 2.38. The molecule has 0 amide bonds. The summed E-state index contributed by atoms with van der Waals surface area (Å²) in [6, 6.07) is 0. The van der Waals surface area contributed by atoms with Crippen LogP contribution in [-0.4, -0.2) is 70.0 Å². The van der Waals surface area contributed by atoms with Gasteiger partial charge in [-0.1, -0.05) is 267 Å². The fourth-order valence-corrected chi connectivity index (χ4v) is 9.36. The van der Waals surface area contributed by atoms with Crippen molar-refractivity contribution >= 4 is 19.8 Å². The Bertz CT molecular complexity index is 1420. The number of carbonyl (C=O) groups is 2. The van der Waals surface area contributed by atoms with Crippen molar-refractivity contribution in [2.75, 3.05) is 47.5 Å². The number of unbranched alkanes of at least 4 members (excludes halogenated alkanes) is 32. The van der Waals surface area contributed by atoms with Gasteiger partial charge in [0.15, 0.2) is 6.10 Å². The fourth-order valence-electron chi connectivity index (χ4n) is 8.63. The molecule has 2 atom stereocenters. The van der Waals surface area contributed by atoms with Gasteiger partial charge in [-0.3, -0.25) is 14.2 Å². The van der Waals surface area contributed by atoms with Gasteiger partial charge < -0.3 is 27.9 Å². The third-order valence-electron chi connectivity index (χ3n) is 13.3. The number of esters is 2. The number of quaternary nitrogens is 1. The zero-order valence-electron chi connectivity index (χ0n) is 48.3. The van der Waals surface area contributed by atoms with Gasteiger partial charge in [-0.15, -0.1) is 0 Å². The van der Waals surface area contributed by atoms with Crippen molar-refractivity contribution in [1.29, 1.82) is 0 Å². The van der Waals surface area contributed by atoms with Gasteiger partial charge in [0.25, 0.3) is 7.82 Å². The molecule has 0 aromatic carbocycles. The van der Waals surface area contributed by atoms with Gasteiger partial charge in [0, 0.05) is 12.8 Å². The molecule has 9 nitrogen and oxygen atoms in total. The van der Waals surface area contributed by atoms with Crippen LogP contribution in [0.5, 0.6) is 0 Å². The SMILES string of the molecule is CC/C=C\C/C=C\C/C=C\C/C=C\C/C=C\CCCCCCCCCCCCCCCCCCCCCC(=O)OC(COC(=O)CCCCCCCCCCCCCCCC)COP(=O)([O-])OCC[N+](C)(C)C. The lowest BCUT2D eigenvalue weighted by molar-refractivity contribution is -0.870. The van der Waals surface area contributed by atoms with E-state index in [1.54, 1.807) is 0 Å². The molecule has 0 aromatic heterocycles. The second-order valence-electron chi connectivity index (χ2n) is 21.7. The first-order chi connectivity index (χ1) is 35.5. The van der Waals surface area contributed by atoms with Gasteiger partial charge >= 0.3 is 11.9 Å². The maximum atomic E-state index is 12.8. The molecule has 0 saturated heterocycles. The van der Waals surface area contributed by atoms with Crippen molar-refractivity contribution in [2.24, 2.45) is 0 Å². The van der Waals surface area contributed by atoms with Crippen molar-refractivity contribution in [3.63, 3.8) is 0 Å². The molecule has 0 bridgehead atoms. The van der Waals surface area contributed by atoms with Gasteiger partial charge in [0.2, 0.25) is 0 Å². The summed E-state index contributed by atoms with van der Waals surface area (Å²) >= 11 is 0. The zero-order chi connectivity index (χ0) is 53.5. The number of likely N-dealkylation sites (N-methyl/N-ethyl adjacent to an activating group) is 1. The summed E-state index contributed by atoms with van der Waals surface area (Å²) in [5.41, 5.74) is 0. The number of carbonyl (C=O) groups excluding carboxylic acids is 2. The number of phosphoric ester groups is 1. The Morgan fingerprint density at radius 3 is 1.16 bits per heavy atom. The third-order valence-corrected chi connectivity index (χ3v) is 14.3. The lowest BCUT2D eigenvalue weighted by Gasteiger charge is -2.28. The molecule has 0 rings (SSSR count). The zero-order valence-corrected chi connectivity index (χ0v) is 49.2. The monoisotopic (exact) mass is 1050 g/mol. The Balaban J connectivity index is 3.98. The van der Waals surface area contributed by atoms with E-state index in [-0.39, 0.29) is 32.0 Å². The van der Waals surface area contributed by atoms with E-state index in [1.807, 2.05) is 21.1 Å². The summed E-state index contributed by atoms with van der Waals surface area (Å²) in [6.07, 6.45) is 70.0. The van der Waals surface area contributed by atoms with Crippen molar-refractivity contribution < 1.29 is 42.1 Å². The molecule has 0 aromatic rings. The molecular formula is C63H116NO8P. The molecule has 0 fully saturated rings. The molecular weight excluding hydrogens is 930 g/mol. The molecule has 0 radical (unpaired) electrons. The van der Waals surface area contributed by atoms with Crippen molar-refractivity contribution in [2.45, 2.75) is 283 Å². The first-order valence-electron chi connectivity index (χ1n) is 30.5. The molecule has 0 N–H and O–H groups in total. The molecule has 0 heterocycles. The second-order valence-corrected chi connectivity index (χ2v) is 23.1. The smallest absolute Gasteiger partial charge is 0.306 e. The number of ether oxygens (including phenoxy) is 2. The number of allylic oxidation sites excluding steroid dienone is 10. The van der Waals surface area contributed by atoms with Gasteiger partial charge in [-0.2, -0.15) is 0 Å². The molecule has 0 saturated carbocycles. The number of hydrogen-bond donors (Lipinski definition) is 0. The van der Waals surface area contributed by atoms with Crippen LogP contribution in [0.3, 0.4) is 0 Å². The highest BCUT2D eigenvalue weighted by Gasteiger charge is 2.22. The van der Waals surface area contributed by atoms with Crippen LogP contribution in [0.1, 0.15) is 277 Å². The molecule has 426 valence electrons. The van der Waals surface area contributed by atoms with Gasteiger partial charge in [-0.05, 0) is 57.8 Å². The van der Waals surface area contributed by atoms with E-state index in [0.29, 0.717) is 17.4 Å². The number of phosphoric acid groups is 1. The summed E-state index contributed by atoms with van der Waals surface area (Å²) in [7, 11) is 1.18. The minimum Gasteiger partial charge on any atom is -0.756 e. The average Bonchev–Trinajstić information content (AvgIpc) is 3.35. The lowest BCUT2D eigenvalue weighted by Crippen LogP contribution is -2.37. The van der Waals surface area contributed by atoms with Gasteiger partial charge in [0.05, 0.1) is 27.7 Å². The average molecular weight is 1050 g/mol.